The number of thioether (sulfide) groups is 1. The quantitative estimate of drug-likeness (QED) is 0.425. The second-order valence-corrected chi connectivity index (χ2v) is 10.2. The summed E-state index contributed by atoms with van der Waals surface area (Å²) in [5, 5.41) is 40.6. The summed E-state index contributed by atoms with van der Waals surface area (Å²) < 4.78 is 0. The number of carbonyl (C=O) groups excluding carboxylic acids is 2. The lowest BCUT2D eigenvalue weighted by atomic mass is 9.79. The predicted octanol–water partition coefficient (Wildman–Crippen LogP) is 1.75. The number of carboxylic acids is 2. The molecule has 12 heteroatoms. The number of urea groups is 1. The number of carboxylic acid groups (broad SMARTS) is 2. The Labute approximate surface area is 205 Å². The van der Waals surface area contributed by atoms with E-state index in [1.807, 2.05) is 13.0 Å². The molecular formula is C23H24N4O7S. The van der Waals surface area contributed by atoms with E-state index in [0.29, 0.717) is 24.4 Å². The second kappa shape index (κ2) is 9.24. The normalized spacial score (nSPS) is 26.2. The number of nitrogens with one attached hydrogen (secondary N) is 1. The molecule has 3 heterocycles. The van der Waals surface area contributed by atoms with E-state index in [-0.39, 0.29) is 33.7 Å². The van der Waals surface area contributed by atoms with E-state index in [0.717, 1.165) is 0 Å². The number of benzene rings is 1. The minimum Gasteiger partial charge on any atom is -0.478 e. The number of aromatic carboxylic acids is 1. The van der Waals surface area contributed by atoms with Gasteiger partial charge in [-0.3, -0.25) is 4.79 Å². The summed E-state index contributed by atoms with van der Waals surface area (Å²) in [6.07, 6.45) is -0.282. The smallest absolute Gasteiger partial charge is 0.353 e. The summed E-state index contributed by atoms with van der Waals surface area (Å²) in [5.74, 6) is -3.70. The minimum atomic E-state index is -1.22. The van der Waals surface area contributed by atoms with Crippen LogP contribution in [0.4, 0.5) is 10.5 Å². The third-order valence-corrected chi connectivity index (χ3v) is 8.13. The first-order chi connectivity index (χ1) is 16.5. The maximum Gasteiger partial charge on any atom is 0.353 e. The number of likely N-dealkylation sites (tertiary alicyclic amines) is 1. The van der Waals surface area contributed by atoms with Crippen LogP contribution in [-0.4, -0.2) is 79.5 Å². The predicted molar refractivity (Wildman–Crippen MR) is 124 cm³/mol. The van der Waals surface area contributed by atoms with Gasteiger partial charge in [-0.05, 0) is 31.5 Å². The van der Waals surface area contributed by atoms with Gasteiger partial charge in [0.25, 0.3) is 0 Å². The molecule has 184 valence electrons. The molecule has 0 spiro atoms. The van der Waals surface area contributed by atoms with Crippen molar-refractivity contribution in [2.45, 2.75) is 37.7 Å². The van der Waals surface area contributed by atoms with Crippen LogP contribution < -0.4 is 5.32 Å². The molecule has 0 saturated carbocycles. The first-order valence-corrected chi connectivity index (χ1v) is 11.9. The van der Waals surface area contributed by atoms with E-state index in [9.17, 15) is 34.5 Å². The van der Waals surface area contributed by atoms with Crippen molar-refractivity contribution in [3.05, 3.63) is 39.9 Å². The van der Waals surface area contributed by atoms with Gasteiger partial charge in [-0.15, -0.1) is 11.8 Å². The van der Waals surface area contributed by atoms with E-state index in [1.54, 1.807) is 0 Å². The van der Waals surface area contributed by atoms with Crippen LogP contribution >= 0.6 is 11.8 Å². The van der Waals surface area contributed by atoms with Crippen LogP contribution in [-0.2, 0) is 9.59 Å². The molecule has 3 aliphatic rings. The van der Waals surface area contributed by atoms with Crippen molar-refractivity contribution in [2.24, 2.45) is 11.8 Å². The summed E-state index contributed by atoms with van der Waals surface area (Å²) in [4.78, 5) is 51.9. The van der Waals surface area contributed by atoms with Crippen LogP contribution in [0, 0.1) is 23.2 Å². The Bertz CT molecular complexity index is 1190. The second-order valence-electron chi connectivity index (χ2n) is 8.89. The highest BCUT2D eigenvalue weighted by atomic mass is 32.2. The molecular weight excluding hydrogens is 476 g/mol. The van der Waals surface area contributed by atoms with Crippen molar-refractivity contribution in [3.8, 4) is 6.07 Å². The number of aliphatic hydroxyl groups is 1. The number of carbonyl (C=O) groups is 4. The molecule has 3 aliphatic heterocycles. The van der Waals surface area contributed by atoms with Crippen molar-refractivity contribution in [2.75, 3.05) is 18.4 Å². The molecule has 4 rings (SSSR count). The molecule has 2 fully saturated rings. The third kappa shape index (κ3) is 4.33. The van der Waals surface area contributed by atoms with E-state index >= 15 is 0 Å². The van der Waals surface area contributed by atoms with Crippen LogP contribution in [0.15, 0.2) is 28.8 Å². The highest BCUT2D eigenvalue weighted by Gasteiger charge is 2.60. The molecule has 11 nitrogen and oxygen atoms in total. The fourth-order valence-corrected chi connectivity index (χ4v) is 6.45. The Balaban J connectivity index is 1.45. The topological polar surface area (TPSA) is 171 Å². The number of nitriles is 1. The zero-order valence-electron chi connectivity index (χ0n) is 19.0. The number of hydrogen-bond acceptors (Lipinski definition) is 7. The Morgan fingerprint density at radius 1 is 1.23 bits per heavy atom. The highest BCUT2D eigenvalue weighted by molar-refractivity contribution is 8.03. The number of nitrogens with zero attached hydrogens (tertiary/aromatic N) is 3. The van der Waals surface area contributed by atoms with E-state index in [1.165, 1.54) is 46.7 Å². The third-order valence-electron chi connectivity index (χ3n) is 6.60. The van der Waals surface area contributed by atoms with Gasteiger partial charge in [-0.2, -0.15) is 5.26 Å². The maximum absolute atomic E-state index is 12.8. The zero-order chi connectivity index (χ0) is 25.6. The van der Waals surface area contributed by atoms with Crippen LogP contribution in [0.1, 0.15) is 36.2 Å². The van der Waals surface area contributed by atoms with Crippen molar-refractivity contribution in [3.63, 3.8) is 0 Å². The van der Waals surface area contributed by atoms with Crippen molar-refractivity contribution in [1.82, 2.24) is 9.80 Å². The fourth-order valence-electron chi connectivity index (χ4n) is 4.96. The molecule has 2 saturated heterocycles. The minimum absolute atomic E-state index is 0.0492. The van der Waals surface area contributed by atoms with Gasteiger partial charge in [-0.1, -0.05) is 6.92 Å². The fraction of sp³-hybridized carbons (Fsp3) is 0.435. The van der Waals surface area contributed by atoms with Gasteiger partial charge in [0, 0.05) is 34.8 Å². The first kappa shape index (κ1) is 24.6. The maximum atomic E-state index is 12.8. The molecule has 1 aromatic carbocycles. The SMILES string of the molecule is CC(O)C1C(=O)N2C(C(=O)O)=C(SC3CCN(C(=O)Nc4cc(C#N)cc(C(=O)O)c4)C3)C(C)[C@H]12. The summed E-state index contributed by atoms with van der Waals surface area (Å²) >= 11 is 1.34. The van der Waals surface area contributed by atoms with Crippen LogP contribution in [0.5, 0.6) is 0 Å². The van der Waals surface area contributed by atoms with Crippen LogP contribution in [0.3, 0.4) is 0 Å². The van der Waals surface area contributed by atoms with E-state index < -0.39 is 41.9 Å². The standard InChI is InChI=1S/C23H24N4O7S/c1-10-17-16(11(2)28)20(29)27(17)18(22(32)33)19(10)35-15-3-4-26(9-15)23(34)25-14-6-12(8-24)5-13(7-14)21(30)31/h5-7,10-11,15-17,28H,3-4,9H2,1-2H3,(H,25,34)(H,30,31)(H,32,33)/t10?,11?,15?,16?,17-/m1/s1. The van der Waals surface area contributed by atoms with Gasteiger partial charge in [0.1, 0.15) is 5.70 Å². The number of aliphatic hydroxyl groups excluding tert-OH is 1. The van der Waals surface area contributed by atoms with Crippen molar-refractivity contribution < 1.29 is 34.5 Å². The number of rotatable bonds is 6. The van der Waals surface area contributed by atoms with Crippen molar-refractivity contribution in [1.29, 1.82) is 5.26 Å². The van der Waals surface area contributed by atoms with Gasteiger partial charge < -0.3 is 30.4 Å². The Morgan fingerprint density at radius 3 is 2.54 bits per heavy atom. The summed E-state index contributed by atoms with van der Waals surface area (Å²) in [6, 6.07) is 4.88. The van der Waals surface area contributed by atoms with Gasteiger partial charge in [0.05, 0.1) is 35.3 Å². The lowest BCUT2D eigenvalue weighted by Gasteiger charge is -2.46. The Kier molecular flexibility index (Phi) is 6.48. The average Bonchev–Trinajstić information content (AvgIpc) is 3.35. The molecule has 1 aromatic rings. The van der Waals surface area contributed by atoms with E-state index in [4.69, 9.17) is 5.26 Å². The van der Waals surface area contributed by atoms with Crippen LogP contribution in [0.25, 0.3) is 0 Å². The summed E-state index contributed by atoms with van der Waals surface area (Å²) in [5.41, 5.74) is 0.127. The van der Waals surface area contributed by atoms with Gasteiger partial charge >= 0.3 is 18.0 Å². The number of aliphatic carboxylic acids is 1. The molecule has 3 amide bonds. The Morgan fingerprint density at radius 2 is 1.94 bits per heavy atom. The Hall–Kier alpha value is -3.56. The van der Waals surface area contributed by atoms with Gasteiger partial charge in [0.2, 0.25) is 5.91 Å². The molecule has 0 bridgehead atoms. The summed E-state index contributed by atoms with van der Waals surface area (Å²) in [7, 11) is 0. The molecule has 0 radical (unpaired) electrons. The first-order valence-electron chi connectivity index (χ1n) is 11.0. The molecule has 0 aliphatic carbocycles. The number of hydrogen-bond donors (Lipinski definition) is 4. The molecule has 35 heavy (non-hydrogen) atoms. The molecule has 5 atom stereocenters. The van der Waals surface area contributed by atoms with Crippen molar-refractivity contribution >= 4 is 41.3 Å². The molecule has 4 unspecified atom stereocenters. The molecule has 0 aromatic heterocycles. The average molecular weight is 501 g/mol. The summed E-state index contributed by atoms with van der Waals surface area (Å²) in [6.45, 7) is 4.10. The van der Waals surface area contributed by atoms with Gasteiger partial charge in [0.15, 0.2) is 0 Å². The van der Waals surface area contributed by atoms with Gasteiger partial charge in [-0.25, -0.2) is 14.4 Å². The highest BCUT2D eigenvalue weighted by Crippen LogP contribution is 2.51. The largest absolute Gasteiger partial charge is 0.478 e. The number of anilines is 1. The monoisotopic (exact) mass is 500 g/mol. The lowest BCUT2D eigenvalue weighted by molar-refractivity contribution is -0.163. The molecule has 4 N–H and O–H groups in total. The lowest BCUT2D eigenvalue weighted by Crippen LogP contribution is -2.63. The number of β-lactam (4-membered cyclic amide) rings is 1. The number of fused-ring (bicyclic) bond motifs is 1. The zero-order valence-corrected chi connectivity index (χ0v) is 19.8. The van der Waals surface area contributed by atoms with Crippen LogP contribution in [0.2, 0.25) is 0 Å². The van der Waals surface area contributed by atoms with E-state index in [2.05, 4.69) is 5.32 Å². The number of amides is 3.